The predicted octanol–water partition coefficient (Wildman–Crippen LogP) is 3.34. The summed E-state index contributed by atoms with van der Waals surface area (Å²) in [6.07, 6.45) is 0. The van der Waals surface area contributed by atoms with Crippen LogP contribution in [0.4, 0.5) is 11.4 Å². The van der Waals surface area contributed by atoms with E-state index in [1.165, 1.54) is 11.3 Å². The van der Waals surface area contributed by atoms with Crippen molar-refractivity contribution in [2.75, 3.05) is 24.3 Å². The Morgan fingerprint density at radius 3 is 2.56 bits per heavy atom. The maximum absolute atomic E-state index is 12.5. The molecule has 0 saturated heterocycles. The van der Waals surface area contributed by atoms with E-state index in [1.54, 1.807) is 29.7 Å². The summed E-state index contributed by atoms with van der Waals surface area (Å²) in [5.74, 6) is -0.751. The highest BCUT2D eigenvalue weighted by Crippen LogP contribution is 2.28. The third-order valence-corrected chi connectivity index (χ3v) is 4.84. The van der Waals surface area contributed by atoms with Gasteiger partial charge >= 0.3 is 0 Å². The molecule has 7 heteroatoms. The Balaban J connectivity index is 1.83. The number of rotatable bonds is 4. The van der Waals surface area contributed by atoms with Crippen LogP contribution >= 0.6 is 11.3 Å². The summed E-state index contributed by atoms with van der Waals surface area (Å²) < 4.78 is 0.895. The van der Waals surface area contributed by atoms with Gasteiger partial charge in [0, 0.05) is 35.7 Å². The number of carbonyl (C=O) groups excluding carboxylic acids is 2. The zero-order chi connectivity index (χ0) is 18.0. The largest absolute Gasteiger partial charge is 0.378 e. The second-order valence-electron chi connectivity index (χ2n) is 5.70. The molecule has 3 aromatic rings. The number of benzene rings is 2. The summed E-state index contributed by atoms with van der Waals surface area (Å²) in [4.78, 5) is 26.3. The molecule has 0 unspecified atom stereocenters. The van der Waals surface area contributed by atoms with Crippen molar-refractivity contribution in [2.24, 2.45) is 0 Å². The molecule has 1 aromatic heterocycles. The molecule has 128 valence electrons. The number of hydroxylamine groups is 1. The van der Waals surface area contributed by atoms with Gasteiger partial charge in [-0.05, 0) is 47.9 Å². The number of carbonyl (C=O) groups is 2. The lowest BCUT2D eigenvalue weighted by molar-refractivity contribution is 0.0711. The van der Waals surface area contributed by atoms with E-state index in [0.717, 1.165) is 15.8 Å². The van der Waals surface area contributed by atoms with Gasteiger partial charge in [-0.25, -0.2) is 5.48 Å². The van der Waals surface area contributed by atoms with Crippen LogP contribution in [0.15, 0.2) is 48.5 Å². The molecular weight excluding hydrogens is 338 g/mol. The van der Waals surface area contributed by atoms with Crippen LogP contribution in [0.5, 0.6) is 0 Å². The molecule has 0 fully saturated rings. The number of nitrogens with one attached hydrogen (secondary N) is 2. The van der Waals surface area contributed by atoms with Gasteiger partial charge in [-0.3, -0.25) is 14.8 Å². The fourth-order valence-corrected chi connectivity index (χ4v) is 3.35. The van der Waals surface area contributed by atoms with Crippen LogP contribution in [0.1, 0.15) is 20.0 Å². The SMILES string of the molecule is CN(C)c1cccc(C(=O)Nc2ccc3sc(C(=O)NO)cc3c2)c1. The zero-order valence-corrected chi connectivity index (χ0v) is 14.6. The lowest BCUT2D eigenvalue weighted by Crippen LogP contribution is -2.16. The van der Waals surface area contributed by atoms with E-state index in [1.807, 2.05) is 43.3 Å². The first kappa shape index (κ1) is 16.9. The predicted molar refractivity (Wildman–Crippen MR) is 99.8 cm³/mol. The Morgan fingerprint density at radius 1 is 1.04 bits per heavy atom. The summed E-state index contributed by atoms with van der Waals surface area (Å²) in [5, 5.41) is 12.4. The van der Waals surface area contributed by atoms with Gasteiger partial charge in [0.15, 0.2) is 0 Å². The first-order chi connectivity index (χ1) is 12.0. The monoisotopic (exact) mass is 355 g/mol. The molecule has 0 aliphatic carbocycles. The lowest BCUT2D eigenvalue weighted by Gasteiger charge is -2.13. The van der Waals surface area contributed by atoms with Gasteiger partial charge in [0.1, 0.15) is 0 Å². The highest BCUT2D eigenvalue weighted by Gasteiger charge is 2.11. The van der Waals surface area contributed by atoms with Gasteiger partial charge in [-0.2, -0.15) is 0 Å². The molecule has 2 amide bonds. The molecule has 0 aliphatic rings. The Labute approximate surface area is 148 Å². The van der Waals surface area contributed by atoms with Gasteiger partial charge in [0.25, 0.3) is 11.8 Å². The van der Waals surface area contributed by atoms with Crippen molar-refractivity contribution in [3.05, 3.63) is 59.0 Å². The number of fused-ring (bicyclic) bond motifs is 1. The third kappa shape index (κ3) is 3.62. The van der Waals surface area contributed by atoms with Crippen molar-refractivity contribution < 1.29 is 14.8 Å². The Hall–Kier alpha value is -2.90. The Bertz CT molecular complexity index is 950. The van der Waals surface area contributed by atoms with Gasteiger partial charge in [-0.15, -0.1) is 11.3 Å². The maximum atomic E-state index is 12.5. The van der Waals surface area contributed by atoms with Crippen molar-refractivity contribution in [1.82, 2.24) is 5.48 Å². The topological polar surface area (TPSA) is 81.7 Å². The highest BCUT2D eigenvalue weighted by atomic mass is 32.1. The van der Waals surface area contributed by atoms with Crippen molar-refractivity contribution >= 4 is 44.6 Å². The molecule has 0 saturated carbocycles. The molecule has 1 heterocycles. The summed E-state index contributed by atoms with van der Waals surface area (Å²) in [6, 6.07) is 14.4. The number of hydrogen-bond donors (Lipinski definition) is 3. The van der Waals surface area contributed by atoms with Gasteiger partial charge in [0.05, 0.1) is 4.88 Å². The van der Waals surface area contributed by atoms with E-state index in [4.69, 9.17) is 5.21 Å². The summed E-state index contributed by atoms with van der Waals surface area (Å²) in [6.45, 7) is 0. The van der Waals surface area contributed by atoms with Crippen LogP contribution in [-0.4, -0.2) is 31.1 Å². The first-order valence-electron chi connectivity index (χ1n) is 7.54. The molecule has 0 bridgehead atoms. The van der Waals surface area contributed by atoms with Crippen molar-refractivity contribution in [2.45, 2.75) is 0 Å². The second kappa shape index (κ2) is 6.92. The van der Waals surface area contributed by atoms with Gasteiger partial charge in [0.2, 0.25) is 0 Å². The molecule has 3 N–H and O–H groups in total. The average Bonchev–Trinajstić information content (AvgIpc) is 3.04. The zero-order valence-electron chi connectivity index (χ0n) is 13.7. The molecule has 0 atom stereocenters. The molecule has 0 radical (unpaired) electrons. The minimum Gasteiger partial charge on any atom is -0.378 e. The number of thiophene rings is 1. The minimum atomic E-state index is -0.549. The van der Waals surface area contributed by atoms with Crippen LogP contribution in [0.3, 0.4) is 0 Å². The molecule has 25 heavy (non-hydrogen) atoms. The van der Waals surface area contributed by atoms with Crippen LogP contribution in [0, 0.1) is 0 Å². The molecule has 3 rings (SSSR count). The number of amides is 2. The first-order valence-corrected chi connectivity index (χ1v) is 8.36. The van der Waals surface area contributed by atoms with Crippen LogP contribution < -0.4 is 15.7 Å². The van der Waals surface area contributed by atoms with Crippen LogP contribution in [0.2, 0.25) is 0 Å². The summed E-state index contributed by atoms with van der Waals surface area (Å²) >= 11 is 1.27. The molecular formula is C18H17N3O3S. The fourth-order valence-electron chi connectivity index (χ4n) is 2.42. The lowest BCUT2D eigenvalue weighted by atomic mass is 10.1. The van der Waals surface area contributed by atoms with E-state index < -0.39 is 5.91 Å². The van der Waals surface area contributed by atoms with Crippen LogP contribution in [0.25, 0.3) is 10.1 Å². The second-order valence-corrected chi connectivity index (χ2v) is 6.79. The fraction of sp³-hybridized carbons (Fsp3) is 0.111. The van der Waals surface area contributed by atoms with Crippen molar-refractivity contribution in [3.63, 3.8) is 0 Å². The van der Waals surface area contributed by atoms with E-state index in [-0.39, 0.29) is 5.91 Å². The molecule has 0 aliphatic heterocycles. The van der Waals surface area contributed by atoms with Gasteiger partial charge in [-0.1, -0.05) is 6.07 Å². The van der Waals surface area contributed by atoms with E-state index >= 15 is 0 Å². The van der Waals surface area contributed by atoms with Crippen molar-refractivity contribution in [3.8, 4) is 0 Å². The highest BCUT2D eigenvalue weighted by molar-refractivity contribution is 7.20. The molecule has 2 aromatic carbocycles. The standard InChI is InChI=1S/C18H17N3O3S/c1-21(2)14-5-3-4-11(9-14)17(22)19-13-6-7-15-12(8-13)10-16(25-15)18(23)20-24/h3-10,24H,1-2H3,(H,19,22)(H,20,23). The summed E-state index contributed by atoms with van der Waals surface area (Å²) in [5.41, 5.74) is 3.77. The van der Waals surface area contributed by atoms with E-state index in [9.17, 15) is 9.59 Å². The molecule has 6 nitrogen and oxygen atoms in total. The third-order valence-electron chi connectivity index (χ3n) is 3.72. The van der Waals surface area contributed by atoms with E-state index in [2.05, 4.69) is 5.32 Å². The van der Waals surface area contributed by atoms with Gasteiger partial charge < -0.3 is 10.2 Å². The summed E-state index contributed by atoms with van der Waals surface area (Å²) in [7, 11) is 3.84. The normalized spacial score (nSPS) is 10.5. The maximum Gasteiger partial charge on any atom is 0.284 e. The molecule has 0 spiro atoms. The average molecular weight is 355 g/mol. The van der Waals surface area contributed by atoms with E-state index in [0.29, 0.717) is 16.1 Å². The number of nitrogens with zero attached hydrogens (tertiary/aromatic N) is 1. The number of hydrogen-bond acceptors (Lipinski definition) is 5. The smallest absolute Gasteiger partial charge is 0.284 e. The van der Waals surface area contributed by atoms with Crippen molar-refractivity contribution in [1.29, 1.82) is 0 Å². The number of anilines is 2. The van der Waals surface area contributed by atoms with Crippen LogP contribution in [-0.2, 0) is 0 Å². The Kier molecular flexibility index (Phi) is 4.69. The quantitative estimate of drug-likeness (QED) is 0.495. The Morgan fingerprint density at radius 2 is 1.84 bits per heavy atom. The minimum absolute atomic E-state index is 0.202.